The zero-order valence-electron chi connectivity index (χ0n) is 5.83. The van der Waals surface area contributed by atoms with Gasteiger partial charge in [-0.1, -0.05) is 6.07 Å². The number of hydrogen-bond donors (Lipinski definition) is 2. The summed E-state index contributed by atoms with van der Waals surface area (Å²) < 4.78 is 0. The fourth-order valence-electron chi connectivity index (χ4n) is 0.766. The van der Waals surface area contributed by atoms with E-state index in [2.05, 4.69) is 5.11 Å². The Hall–Kier alpha value is -1.38. The van der Waals surface area contributed by atoms with Crippen LogP contribution in [0.15, 0.2) is 23.3 Å². The van der Waals surface area contributed by atoms with E-state index in [1.165, 1.54) is 0 Å². The van der Waals surface area contributed by atoms with Gasteiger partial charge in [-0.25, -0.2) is 0 Å². The molecule has 1 aromatic rings. The highest BCUT2D eigenvalue weighted by atomic mass is 15.0. The molecule has 0 aromatic heterocycles. The van der Waals surface area contributed by atoms with E-state index in [-0.39, 0.29) is 0 Å². The molecule has 1 rings (SSSR count). The van der Waals surface area contributed by atoms with Crippen LogP contribution in [0.2, 0.25) is 0 Å². The highest BCUT2D eigenvalue weighted by Crippen LogP contribution is 2.20. The summed E-state index contributed by atoms with van der Waals surface area (Å²) in [5, 5.41) is 3.51. The predicted octanol–water partition coefficient (Wildman–Crippen LogP) is 0.420. The highest BCUT2D eigenvalue weighted by Gasteiger charge is 1.97. The summed E-state index contributed by atoms with van der Waals surface area (Å²) in [7, 11) is 0. The van der Waals surface area contributed by atoms with Crippen molar-refractivity contribution in [2.24, 2.45) is 5.11 Å². The predicted molar refractivity (Wildman–Crippen MR) is 39.6 cm³/mol. The molecule has 0 aliphatic heterocycles. The molecular formula is C7H10N3+. The van der Waals surface area contributed by atoms with Gasteiger partial charge in [0.2, 0.25) is 0 Å². The number of nitrogens with zero attached hydrogens (tertiary/aromatic N) is 1. The lowest BCUT2D eigenvalue weighted by Gasteiger charge is -1.95. The average molecular weight is 136 g/mol. The first-order valence-corrected chi connectivity index (χ1v) is 3.01. The van der Waals surface area contributed by atoms with E-state index in [1.807, 2.05) is 19.1 Å². The zero-order chi connectivity index (χ0) is 7.56. The van der Waals surface area contributed by atoms with Crippen LogP contribution in [-0.2, 0) is 0 Å². The summed E-state index contributed by atoms with van der Waals surface area (Å²) in [4.78, 5) is 0. The van der Waals surface area contributed by atoms with Gasteiger partial charge in [0.15, 0.2) is 5.69 Å². The van der Waals surface area contributed by atoms with Crippen LogP contribution >= 0.6 is 0 Å². The van der Waals surface area contributed by atoms with Gasteiger partial charge in [-0.3, -0.25) is 0 Å². The molecule has 0 bridgehead atoms. The number of nitrogens with two attached hydrogens (primary N) is 2. The molecule has 0 spiro atoms. The van der Waals surface area contributed by atoms with Gasteiger partial charge in [0.25, 0.3) is 0 Å². The normalized spacial score (nSPS) is 9.30. The van der Waals surface area contributed by atoms with E-state index in [0.29, 0.717) is 11.4 Å². The van der Waals surface area contributed by atoms with Crippen LogP contribution in [0.5, 0.6) is 0 Å². The molecule has 0 fully saturated rings. The van der Waals surface area contributed by atoms with Crippen molar-refractivity contribution in [1.82, 2.24) is 0 Å². The maximum Gasteiger partial charge on any atom is 0.153 e. The molecule has 0 amide bonds. The summed E-state index contributed by atoms with van der Waals surface area (Å²) in [6.45, 7) is 1.97. The van der Waals surface area contributed by atoms with Crippen LogP contribution in [0.3, 0.4) is 0 Å². The van der Waals surface area contributed by atoms with Gasteiger partial charge in [-0.15, -0.1) is 0 Å². The summed E-state index contributed by atoms with van der Waals surface area (Å²) in [5.41, 5.74) is 13.0. The Balaban J connectivity index is 3.21. The number of rotatable bonds is 1. The molecule has 0 radical (unpaired) electrons. The van der Waals surface area contributed by atoms with E-state index in [4.69, 9.17) is 11.3 Å². The molecule has 4 N–H and O–H groups in total. The first-order chi connectivity index (χ1) is 4.74. The molecule has 0 saturated carbocycles. The second-order valence-corrected chi connectivity index (χ2v) is 2.19. The molecule has 0 unspecified atom stereocenters. The Bertz CT molecular complexity index is 255. The Kier molecular flexibility index (Phi) is 1.67. The van der Waals surface area contributed by atoms with Crippen LogP contribution in [0.1, 0.15) is 5.56 Å². The van der Waals surface area contributed by atoms with Crippen molar-refractivity contribution in [3.8, 4) is 0 Å². The molecule has 0 saturated heterocycles. The fraction of sp³-hybridized carbons (Fsp3) is 0.143. The van der Waals surface area contributed by atoms with Gasteiger partial charge in [0.05, 0.1) is 5.69 Å². The third kappa shape index (κ3) is 1.13. The number of nitrogen functional groups attached to an aromatic ring is 1. The fourth-order valence-corrected chi connectivity index (χ4v) is 0.766. The van der Waals surface area contributed by atoms with Gasteiger partial charge in [0, 0.05) is 0 Å². The Morgan fingerprint density at radius 1 is 1.50 bits per heavy atom. The first-order valence-electron chi connectivity index (χ1n) is 3.01. The molecule has 0 atom stereocenters. The second-order valence-electron chi connectivity index (χ2n) is 2.19. The first kappa shape index (κ1) is 6.74. The van der Waals surface area contributed by atoms with Crippen molar-refractivity contribution >= 4 is 11.4 Å². The third-order valence-electron chi connectivity index (χ3n) is 1.33. The maximum atomic E-state index is 5.53. The minimum Gasteiger partial charge on any atom is -0.397 e. The summed E-state index contributed by atoms with van der Waals surface area (Å²) >= 11 is 0. The minimum atomic E-state index is 0.619. The van der Waals surface area contributed by atoms with Crippen molar-refractivity contribution < 1.29 is 5.53 Å². The lowest BCUT2D eigenvalue weighted by molar-refractivity contribution is -0.210. The van der Waals surface area contributed by atoms with E-state index < -0.39 is 0 Å². The van der Waals surface area contributed by atoms with E-state index in [9.17, 15) is 0 Å². The second kappa shape index (κ2) is 2.47. The Morgan fingerprint density at radius 3 is 2.70 bits per heavy atom. The van der Waals surface area contributed by atoms with Gasteiger partial charge in [-0.05, 0) is 29.7 Å². The average Bonchev–Trinajstić information content (AvgIpc) is 1.94. The number of aryl methyl sites for hydroxylation is 1. The quantitative estimate of drug-likeness (QED) is 0.426. The van der Waals surface area contributed by atoms with Crippen molar-refractivity contribution in [2.75, 3.05) is 5.73 Å². The van der Waals surface area contributed by atoms with Crippen molar-refractivity contribution in [3.63, 3.8) is 0 Å². The molecule has 52 valence electrons. The SMILES string of the molecule is Cc1ccc(N)c(N=[NH2+])c1. The van der Waals surface area contributed by atoms with E-state index in [0.717, 1.165) is 5.56 Å². The molecule has 3 heteroatoms. The molecule has 1 aromatic carbocycles. The number of anilines is 1. The van der Waals surface area contributed by atoms with Crippen LogP contribution in [-0.4, -0.2) is 0 Å². The molecule has 0 heterocycles. The maximum absolute atomic E-state index is 5.53. The largest absolute Gasteiger partial charge is 0.397 e. The van der Waals surface area contributed by atoms with Crippen LogP contribution in [0.4, 0.5) is 11.4 Å². The topological polar surface area (TPSA) is 64.0 Å². The van der Waals surface area contributed by atoms with Gasteiger partial charge < -0.3 is 5.73 Å². The Labute approximate surface area is 59.4 Å². The van der Waals surface area contributed by atoms with Gasteiger partial charge in [-0.2, -0.15) is 5.53 Å². The minimum absolute atomic E-state index is 0.619. The molecule has 3 nitrogen and oxygen atoms in total. The van der Waals surface area contributed by atoms with Gasteiger partial charge >= 0.3 is 0 Å². The van der Waals surface area contributed by atoms with Crippen molar-refractivity contribution in [1.29, 1.82) is 0 Å². The summed E-state index contributed by atoms with van der Waals surface area (Å²) in [5.74, 6) is 0. The molecule has 10 heavy (non-hydrogen) atoms. The zero-order valence-corrected chi connectivity index (χ0v) is 5.83. The lowest BCUT2D eigenvalue weighted by Crippen LogP contribution is -2.22. The van der Waals surface area contributed by atoms with E-state index >= 15 is 0 Å². The lowest BCUT2D eigenvalue weighted by atomic mass is 10.2. The van der Waals surface area contributed by atoms with Crippen LogP contribution in [0.25, 0.3) is 0 Å². The summed E-state index contributed by atoms with van der Waals surface area (Å²) in [6, 6.07) is 5.56. The standard InChI is InChI=1S/C7H9N3/c1-5-2-3-6(8)7(4-5)10-9/h2-4,9H,8H2,1H3/p+1. The Morgan fingerprint density at radius 2 is 2.20 bits per heavy atom. The molecule has 0 aliphatic carbocycles. The van der Waals surface area contributed by atoms with Crippen molar-refractivity contribution in [2.45, 2.75) is 6.92 Å². The van der Waals surface area contributed by atoms with Crippen molar-refractivity contribution in [3.05, 3.63) is 23.8 Å². The van der Waals surface area contributed by atoms with E-state index in [1.54, 1.807) is 6.07 Å². The van der Waals surface area contributed by atoms with Gasteiger partial charge in [0.1, 0.15) is 0 Å². The monoisotopic (exact) mass is 136 g/mol. The molecular weight excluding hydrogens is 126 g/mol. The van der Waals surface area contributed by atoms with Crippen LogP contribution < -0.4 is 11.3 Å². The smallest absolute Gasteiger partial charge is 0.153 e. The third-order valence-corrected chi connectivity index (χ3v) is 1.33. The number of benzene rings is 1. The highest BCUT2D eigenvalue weighted by molar-refractivity contribution is 5.62. The number of hydrogen-bond acceptors (Lipinski definition) is 2. The van der Waals surface area contributed by atoms with Crippen LogP contribution in [0, 0.1) is 6.92 Å². The summed E-state index contributed by atoms with van der Waals surface area (Å²) in [6.07, 6.45) is 0. The molecule has 0 aliphatic rings.